The molecule has 0 aliphatic carbocycles. The van der Waals surface area contributed by atoms with Gasteiger partial charge in [-0.05, 0) is 34.7 Å². The van der Waals surface area contributed by atoms with Crippen LogP contribution >= 0.6 is 0 Å². The molecule has 1 unspecified atom stereocenters. The Morgan fingerprint density at radius 3 is 2.43 bits per heavy atom. The van der Waals surface area contributed by atoms with Gasteiger partial charge < -0.3 is 14.7 Å². The molecule has 0 fully saturated rings. The fourth-order valence-electron chi connectivity index (χ4n) is 3.82. The first kappa shape index (κ1) is 19.7. The third-order valence-electron chi connectivity index (χ3n) is 5.45. The summed E-state index contributed by atoms with van der Waals surface area (Å²) >= 11 is 0. The van der Waals surface area contributed by atoms with Gasteiger partial charge in [0.25, 0.3) is 0 Å². The molecule has 30 heavy (non-hydrogen) atoms. The van der Waals surface area contributed by atoms with Crippen LogP contribution in [0.15, 0.2) is 72.8 Å². The zero-order valence-electron chi connectivity index (χ0n) is 16.7. The zero-order valence-corrected chi connectivity index (χ0v) is 16.7. The standard InChI is InChI=1S/C25H23NO4/c1-26-23-15-22(12-11-20(23)13-21(25(26)29)14-24(27)28)30-16-17-7-9-19(10-8-17)18-5-3-2-4-6-18/h2-12,15,21H,13-14,16H2,1H3,(H,27,28). The first-order valence-electron chi connectivity index (χ1n) is 9.90. The van der Waals surface area contributed by atoms with Gasteiger partial charge in [0, 0.05) is 13.1 Å². The molecule has 1 N–H and O–H groups in total. The number of nitrogens with zero attached hydrogens (tertiary/aromatic N) is 1. The van der Waals surface area contributed by atoms with Crippen LogP contribution in [0.25, 0.3) is 11.1 Å². The van der Waals surface area contributed by atoms with E-state index in [0.29, 0.717) is 18.8 Å². The summed E-state index contributed by atoms with van der Waals surface area (Å²) in [7, 11) is 1.68. The van der Waals surface area contributed by atoms with Crippen molar-refractivity contribution in [1.29, 1.82) is 0 Å². The summed E-state index contributed by atoms with van der Waals surface area (Å²) < 4.78 is 5.95. The number of carboxylic acids is 1. The smallest absolute Gasteiger partial charge is 0.304 e. The van der Waals surface area contributed by atoms with E-state index < -0.39 is 11.9 Å². The van der Waals surface area contributed by atoms with Crippen LogP contribution in [0.1, 0.15) is 17.5 Å². The lowest BCUT2D eigenvalue weighted by atomic mass is 9.89. The van der Waals surface area contributed by atoms with Gasteiger partial charge in [-0.2, -0.15) is 0 Å². The second kappa shape index (κ2) is 8.41. The van der Waals surface area contributed by atoms with Crippen LogP contribution in [-0.2, 0) is 22.6 Å². The summed E-state index contributed by atoms with van der Waals surface area (Å²) in [6.07, 6.45) is 0.284. The SMILES string of the molecule is CN1C(=O)C(CC(=O)O)Cc2ccc(OCc3ccc(-c4ccccc4)cc3)cc21. The molecule has 1 amide bonds. The van der Waals surface area contributed by atoms with Gasteiger partial charge in [-0.25, -0.2) is 0 Å². The molecule has 1 atom stereocenters. The number of carbonyl (C=O) groups excluding carboxylic acids is 1. The average molecular weight is 401 g/mol. The van der Waals surface area contributed by atoms with Gasteiger partial charge in [0.1, 0.15) is 12.4 Å². The van der Waals surface area contributed by atoms with Gasteiger partial charge in [-0.3, -0.25) is 9.59 Å². The number of aliphatic carboxylic acids is 1. The van der Waals surface area contributed by atoms with Crippen LogP contribution in [0.2, 0.25) is 0 Å². The van der Waals surface area contributed by atoms with Crippen molar-refractivity contribution in [1.82, 2.24) is 0 Å². The van der Waals surface area contributed by atoms with Crippen molar-refractivity contribution in [3.63, 3.8) is 0 Å². The van der Waals surface area contributed by atoms with Crippen molar-refractivity contribution < 1.29 is 19.4 Å². The average Bonchev–Trinajstić information content (AvgIpc) is 2.77. The van der Waals surface area contributed by atoms with Gasteiger partial charge in [0.15, 0.2) is 0 Å². The molecule has 1 aliphatic heterocycles. The highest BCUT2D eigenvalue weighted by Crippen LogP contribution is 2.34. The molecule has 0 bridgehead atoms. The highest BCUT2D eigenvalue weighted by Gasteiger charge is 2.32. The third-order valence-corrected chi connectivity index (χ3v) is 5.45. The molecule has 0 spiro atoms. The lowest BCUT2D eigenvalue weighted by molar-refractivity contribution is -0.140. The molecule has 0 radical (unpaired) electrons. The molecule has 5 nitrogen and oxygen atoms in total. The van der Waals surface area contributed by atoms with E-state index in [1.54, 1.807) is 7.05 Å². The maximum Gasteiger partial charge on any atom is 0.304 e. The molecule has 3 aromatic rings. The van der Waals surface area contributed by atoms with E-state index in [4.69, 9.17) is 9.84 Å². The Morgan fingerprint density at radius 2 is 1.73 bits per heavy atom. The van der Waals surface area contributed by atoms with Crippen molar-refractivity contribution in [2.45, 2.75) is 19.4 Å². The number of fused-ring (bicyclic) bond motifs is 1. The number of amides is 1. The Kier molecular flexibility index (Phi) is 5.53. The monoisotopic (exact) mass is 401 g/mol. The van der Waals surface area contributed by atoms with Gasteiger partial charge in [-0.15, -0.1) is 0 Å². The van der Waals surface area contributed by atoms with E-state index in [2.05, 4.69) is 24.3 Å². The van der Waals surface area contributed by atoms with Crippen molar-refractivity contribution in [2.24, 2.45) is 5.92 Å². The third kappa shape index (κ3) is 4.20. The van der Waals surface area contributed by atoms with Crippen molar-refractivity contribution in [3.05, 3.63) is 83.9 Å². The van der Waals surface area contributed by atoms with Crippen molar-refractivity contribution >= 4 is 17.6 Å². The maximum atomic E-state index is 12.5. The topological polar surface area (TPSA) is 66.8 Å². The molecule has 5 heteroatoms. The summed E-state index contributed by atoms with van der Waals surface area (Å²) in [4.78, 5) is 25.0. The summed E-state index contributed by atoms with van der Waals surface area (Å²) in [5, 5.41) is 9.03. The van der Waals surface area contributed by atoms with E-state index in [0.717, 1.165) is 22.4 Å². The number of benzene rings is 3. The minimum atomic E-state index is -0.955. The number of hydrogen-bond donors (Lipinski definition) is 1. The molecular weight excluding hydrogens is 378 g/mol. The summed E-state index contributed by atoms with van der Waals surface area (Å²) in [6, 6.07) is 24.1. The molecule has 152 valence electrons. The molecule has 0 saturated heterocycles. The lowest BCUT2D eigenvalue weighted by Gasteiger charge is -2.31. The van der Waals surface area contributed by atoms with Gasteiger partial charge in [0.05, 0.1) is 18.0 Å². The van der Waals surface area contributed by atoms with E-state index >= 15 is 0 Å². The molecule has 0 saturated carbocycles. The second-order valence-electron chi connectivity index (χ2n) is 7.54. The number of carbonyl (C=O) groups is 2. The Labute approximate surface area is 175 Å². The van der Waals surface area contributed by atoms with Crippen LogP contribution in [-0.4, -0.2) is 24.0 Å². The molecule has 1 heterocycles. The van der Waals surface area contributed by atoms with E-state index in [9.17, 15) is 9.59 Å². The summed E-state index contributed by atoms with van der Waals surface area (Å²) in [6.45, 7) is 0.424. The van der Waals surface area contributed by atoms with E-state index in [1.165, 1.54) is 10.5 Å². The molecule has 4 rings (SSSR count). The van der Waals surface area contributed by atoms with Crippen LogP contribution in [0, 0.1) is 5.92 Å². The fourth-order valence-corrected chi connectivity index (χ4v) is 3.82. The van der Waals surface area contributed by atoms with Crippen LogP contribution < -0.4 is 9.64 Å². The first-order chi connectivity index (χ1) is 14.5. The van der Waals surface area contributed by atoms with Crippen LogP contribution in [0.3, 0.4) is 0 Å². The highest BCUT2D eigenvalue weighted by molar-refractivity contribution is 5.99. The minimum Gasteiger partial charge on any atom is -0.489 e. The predicted octanol–water partition coefficient (Wildman–Crippen LogP) is 4.54. The molecule has 0 aromatic heterocycles. The Balaban J connectivity index is 1.44. The number of hydrogen-bond acceptors (Lipinski definition) is 3. The molecule has 1 aliphatic rings. The molecular formula is C25H23NO4. The van der Waals surface area contributed by atoms with E-state index in [-0.39, 0.29) is 12.3 Å². The number of ether oxygens (including phenoxy) is 1. The number of anilines is 1. The van der Waals surface area contributed by atoms with Gasteiger partial charge >= 0.3 is 5.97 Å². The Bertz CT molecular complexity index is 1060. The largest absolute Gasteiger partial charge is 0.489 e. The fraction of sp³-hybridized carbons (Fsp3) is 0.200. The van der Waals surface area contributed by atoms with Crippen molar-refractivity contribution in [2.75, 3.05) is 11.9 Å². The summed E-state index contributed by atoms with van der Waals surface area (Å²) in [5.74, 6) is -0.964. The van der Waals surface area contributed by atoms with Crippen molar-refractivity contribution in [3.8, 4) is 16.9 Å². The normalized spacial score (nSPS) is 15.6. The maximum absolute atomic E-state index is 12.5. The first-order valence-corrected chi connectivity index (χ1v) is 9.90. The van der Waals surface area contributed by atoms with Gasteiger partial charge in [-0.1, -0.05) is 60.7 Å². The zero-order chi connectivity index (χ0) is 21.1. The molecule has 3 aromatic carbocycles. The predicted molar refractivity (Wildman–Crippen MR) is 116 cm³/mol. The van der Waals surface area contributed by atoms with E-state index in [1.807, 2.05) is 48.5 Å². The van der Waals surface area contributed by atoms with Crippen LogP contribution in [0.5, 0.6) is 5.75 Å². The highest BCUT2D eigenvalue weighted by atomic mass is 16.5. The summed E-state index contributed by atoms with van der Waals surface area (Å²) in [5.41, 5.74) is 5.12. The second-order valence-corrected chi connectivity index (χ2v) is 7.54. The number of rotatable bonds is 6. The van der Waals surface area contributed by atoms with Gasteiger partial charge in [0.2, 0.25) is 5.91 Å². The lowest BCUT2D eigenvalue weighted by Crippen LogP contribution is -2.39. The Hall–Kier alpha value is -3.60. The minimum absolute atomic E-state index is 0.153. The van der Waals surface area contributed by atoms with Crippen LogP contribution in [0.4, 0.5) is 5.69 Å². The Morgan fingerprint density at radius 1 is 1.03 bits per heavy atom. The quantitative estimate of drug-likeness (QED) is 0.658. The number of carboxylic acid groups (broad SMARTS) is 1.